The van der Waals surface area contributed by atoms with E-state index in [1.807, 2.05) is 20.8 Å². The molecule has 1 atom stereocenters. The normalized spacial score (nSPS) is 12.1. The predicted molar refractivity (Wildman–Crippen MR) is 64.7 cm³/mol. The lowest BCUT2D eigenvalue weighted by Crippen LogP contribution is -2.42. The molecule has 0 rings (SSSR count). The molecule has 0 aliphatic heterocycles. The van der Waals surface area contributed by atoms with Crippen molar-refractivity contribution >= 4 is 12.1 Å². The third kappa shape index (κ3) is 7.60. The molecular formula is C12H23NO4. The van der Waals surface area contributed by atoms with Crippen LogP contribution in [-0.4, -0.2) is 31.3 Å². The molecule has 1 amide bonds. The molecule has 0 aromatic rings. The Balaban J connectivity index is 4.20. The molecule has 5 heteroatoms. The number of rotatable bonds is 7. The van der Waals surface area contributed by atoms with Crippen molar-refractivity contribution in [2.45, 2.75) is 46.6 Å². The molecule has 0 saturated carbocycles. The summed E-state index contributed by atoms with van der Waals surface area (Å²) in [6, 6.07) is -0.613. The Morgan fingerprint density at radius 1 is 1.18 bits per heavy atom. The molecule has 0 fully saturated rings. The first kappa shape index (κ1) is 15.7. The summed E-state index contributed by atoms with van der Waals surface area (Å²) in [4.78, 5) is 22.9. The highest BCUT2D eigenvalue weighted by Crippen LogP contribution is 2.02. The standard InChI is InChI=1S/C12H23NO4/c1-5-7-10(13-12(15)16-6-2)11(14)17-8-9(3)4/h9-10H,5-8H2,1-4H3,(H,13,15). The van der Waals surface area contributed by atoms with Crippen LogP contribution in [0.15, 0.2) is 0 Å². The van der Waals surface area contributed by atoms with E-state index in [-0.39, 0.29) is 12.5 Å². The fourth-order valence-electron chi connectivity index (χ4n) is 1.20. The molecule has 0 aromatic carbocycles. The van der Waals surface area contributed by atoms with Crippen LogP contribution >= 0.6 is 0 Å². The van der Waals surface area contributed by atoms with Crippen LogP contribution in [0.5, 0.6) is 0 Å². The topological polar surface area (TPSA) is 64.6 Å². The molecule has 0 aliphatic carbocycles. The minimum Gasteiger partial charge on any atom is -0.464 e. The number of amides is 1. The van der Waals surface area contributed by atoms with Gasteiger partial charge in [-0.2, -0.15) is 0 Å². The van der Waals surface area contributed by atoms with Gasteiger partial charge in [-0.1, -0.05) is 27.2 Å². The third-order valence-electron chi connectivity index (χ3n) is 1.99. The van der Waals surface area contributed by atoms with Crippen molar-refractivity contribution in [1.82, 2.24) is 5.32 Å². The summed E-state index contributed by atoms with van der Waals surface area (Å²) in [6.45, 7) is 8.22. The second-order valence-electron chi connectivity index (χ2n) is 4.23. The van der Waals surface area contributed by atoms with Crippen LogP contribution in [0.4, 0.5) is 4.79 Å². The zero-order chi connectivity index (χ0) is 13.3. The number of esters is 1. The van der Waals surface area contributed by atoms with Crippen LogP contribution in [0.3, 0.4) is 0 Å². The minimum absolute atomic E-state index is 0.281. The number of ether oxygens (including phenoxy) is 2. The number of nitrogens with one attached hydrogen (secondary N) is 1. The maximum absolute atomic E-state index is 11.7. The SMILES string of the molecule is CCCC(NC(=O)OCC)C(=O)OCC(C)C. The van der Waals surface area contributed by atoms with E-state index in [2.05, 4.69) is 5.32 Å². The van der Waals surface area contributed by atoms with Gasteiger partial charge in [0, 0.05) is 0 Å². The smallest absolute Gasteiger partial charge is 0.407 e. The Hall–Kier alpha value is -1.26. The molecule has 0 heterocycles. The largest absolute Gasteiger partial charge is 0.464 e. The van der Waals surface area contributed by atoms with E-state index < -0.39 is 18.1 Å². The first-order chi connectivity index (χ1) is 8.01. The predicted octanol–water partition coefficient (Wildman–Crippen LogP) is 2.10. The Labute approximate surface area is 103 Å². The Morgan fingerprint density at radius 2 is 1.82 bits per heavy atom. The highest BCUT2D eigenvalue weighted by Gasteiger charge is 2.22. The van der Waals surface area contributed by atoms with Gasteiger partial charge in [0.1, 0.15) is 6.04 Å². The van der Waals surface area contributed by atoms with Crippen LogP contribution < -0.4 is 5.32 Å². The molecule has 0 saturated heterocycles. The number of carbonyl (C=O) groups excluding carboxylic acids is 2. The fraction of sp³-hybridized carbons (Fsp3) is 0.833. The quantitative estimate of drug-likeness (QED) is 0.698. The summed E-state index contributed by atoms with van der Waals surface area (Å²) in [5.74, 6) is -0.113. The lowest BCUT2D eigenvalue weighted by molar-refractivity contribution is -0.147. The maximum Gasteiger partial charge on any atom is 0.407 e. The number of hydrogen-bond donors (Lipinski definition) is 1. The monoisotopic (exact) mass is 245 g/mol. The van der Waals surface area contributed by atoms with Crippen molar-refractivity contribution in [2.24, 2.45) is 5.92 Å². The molecule has 5 nitrogen and oxygen atoms in total. The molecular weight excluding hydrogens is 222 g/mol. The van der Waals surface area contributed by atoms with Gasteiger partial charge in [0.25, 0.3) is 0 Å². The summed E-state index contributed by atoms with van der Waals surface area (Å²) in [7, 11) is 0. The van der Waals surface area contributed by atoms with Crippen LogP contribution in [0.2, 0.25) is 0 Å². The van der Waals surface area contributed by atoms with Crippen LogP contribution in [-0.2, 0) is 14.3 Å². The molecule has 1 N–H and O–H groups in total. The van der Waals surface area contributed by atoms with Crippen molar-refractivity contribution in [3.8, 4) is 0 Å². The van der Waals surface area contributed by atoms with Crippen molar-refractivity contribution in [3.63, 3.8) is 0 Å². The molecule has 100 valence electrons. The molecule has 0 spiro atoms. The second kappa shape index (κ2) is 8.84. The van der Waals surface area contributed by atoms with Gasteiger partial charge in [-0.25, -0.2) is 9.59 Å². The van der Waals surface area contributed by atoms with E-state index in [9.17, 15) is 9.59 Å². The van der Waals surface area contributed by atoms with E-state index in [0.717, 1.165) is 6.42 Å². The molecule has 1 unspecified atom stereocenters. The lowest BCUT2D eigenvalue weighted by atomic mass is 10.1. The second-order valence-corrected chi connectivity index (χ2v) is 4.23. The van der Waals surface area contributed by atoms with Gasteiger partial charge in [-0.15, -0.1) is 0 Å². The van der Waals surface area contributed by atoms with Crippen molar-refractivity contribution in [3.05, 3.63) is 0 Å². The fourth-order valence-corrected chi connectivity index (χ4v) is 1.20. The average molecular weight is 245 g/mol. The first-order valence-electron chi connectivity index (χ1n) is 6.11. The summed E-state index contributed by atoms with van der Waals surface area (Å²) in [6.07, 6.45) is 0.760. The van der Waals surface area contributed by atoms with Gasteiger partial charge in [-0.05, 0) is 19.3 Å². The van der Waals surface area contributed by atoms with E-state index in [1.165, 1.54) is 0 Å². The molecule has 0 aliphatic rings. The Bertz CT molecular complexity index is 241. The van der Waals surface area contributed by atoms with Gasteiger partial charge >= 0.3 is 12.1 Å². The molecule has 0 bridgehead atoms. The van der Waals surface area contributed by atoms with Gasteiger partial charge in [0.05, 0.1) is 13.2 Å². The van der Waals surface area contributed by atoms with Crippen molar-refractivity contribution in [1.29, 1.82) is 0 Å². The van der Waals surface area contributed by atoms with Crippen molar-refractivity contribution in [2.75, 3.05) is 13.2 Å². The van der Waals surface area contributed by atoms with Gasteiger partial charge in [0.2, 0.25) is 0 Å². The van der Waals surface area contributed by atoms with Crippen molar-refractivity contribution < 1.29 is 19.1 Å². The summed E-state index contributed by atoms with van der Waals surface area (Å²) in [5.41, 5.74) is 0. The number of carbonyl (C=O) groups is 2. The summed E-state index contributed by atoms with van der Waals surface area (Å²) >= 11 is 0. The van der Waals surface area contributed by atoms with Gasteiger partial charge in [-0.3, -0.25) is 0 Å². The minimum atomic E-state index is -0.613. The van der Waals surface area contributed by atoms with E-state index in [4.69, 9.17) is 9.47 Å². The Kier molecular flexibility index (Phi) is 8.19. The van der Waals surface area contributed by atoms with E-state index >= 15 is 0 Å². The van der Waals surface area contributed by atoms with Crippen LogP contribution in [0.1, 0.15) is 40.5 Å². The summed E-state index contributed by atoms with van der Waals surface area (Å²) in [5, 5.41) is 2.51. The van der Waals surface area contributed by atoms with E-state index in [1.54, 1.807) is 6.92 Å². The Morgan fingerprint density at radius 3 is 2.29 bits per heavy atom. The highest BCUT2D eigenvalue weighted by atomic mass is 16.6. The summed E-state index contributed by atoms with van der Waals surface area (Å²) < 4.78 is 9.82. The van der Waals surface area contributed by atoms with Gasteiger partial charge < -0.3 is 14.8 Å². The first-order valence-corrected chi connectivity index (χ1v) is 6.11. The number of hydrogen-bond acceptors (Lipinski definition) is 4. The maximum atomic E-state index is 11.7. The van der Waals surface area contributed by atoms with Crippen LogP contribution in [0, 0.1) is 5.92 Å². The van der Waals surface area contributed by atoms with Crippen LogP contribution in [0.25, 0.3) is 0 Å². The zero-order valence-corrected chi connectivity index (χ0v) is 11.1. The zero-order valence-electron chi connectivity index (χ0n) is 11.1. The highest BCUT2D eigenvalue weighted by molar-refractivity contribution is 5.81. The molecule has 0 radical (unpaired) electrons. The third-order valence-corrected chi connectivity index (χ3v) is 1.99. The molecule has 0 aromatic heterocycles. The average Bonchev–Trinajstić information content (AvgIpc) is 2.25. The lowest BCUT2D eigenvalue weighted by Gasteiger charge is -2.17. The van der Waals surface area contributed by atoms with Gasteiger partial charge in [0.15, 0.2) is 0 Å². The molecule has 17 heavy (non-hydrogen) atoms. The van der Waals surface area contributed by atoms with E-state index in [0.29, 0.717) is 13.0 Å². The number of alkyl carbamates (subject to hydrolysis) is 1.